The number of nitrogens with one attached hydrogen (secondary N) is 3. The lowest BCUT2D eigenvalue weighted by Gasteiger charge is -2.22. The lowest BCUT2D eigenvalue weighted by molar-refractivity contribution is -0.116. The smallest absolute Gasteiger partial charge is 0.272 e. The highest BCUT2D eigenvalue weighted by Gasteiger charge is 2.29. The molecule has 0 bridgehead atoms. The summed E-state index contributed by atoms with van der Waals surface area (Å²) in [6.45, 7) is 2.43. The number of thiophene rings is 1. The third-order valence-corrected chi connectivity index (χ3v) is 12.0. The molecular formula is C47H40N4O4S2. The maximum atomic E-state index is 14.2. The van der Waals surface area contributed by atoms with E-state index < -0.39 is 17.1 Å². The number of hydrogen-bond donors (Lipinski definition) is 3. The molecule has 0 spiro atoms. The normalized spacial score (nSPS) is 14.0. The van der Waals surface area contributed by atoms with Crippen molar-refractivity contribution in [3.05, 3.63) is 183 Å². The van der Waals surface area contributed by atoms with Gasteiger partial charge in [-0.05, 0) is 103 Å². The number of anilines is 2. The molecule has 0 saturated heterocycles. The van der Waals surface area contributed by atoms with Gasteiger partial charge in [0.25, 0.3) is 11.8 Å². The van der Waals surface area contributed by atoms with Gasteiger partial charge in [-0.15, -0.1) is 23.1 Å². The van der Waals surface area contributed by atoms with E-state index in [1.165, 1.54) is 28.7 Å². The molecule has 0 radical (unpaired) electrons. The number of benzene rings is 5. The van der Waals surface area contributed by atoms with Crippen LogP contribution in [0.15, 0.2) is 150 Å². The Morgan fingerprint density at radius 3 is 2.28 bits per heavy atom. The first-order valence-corrected chi connectivity index (χ1v) is 20.4. The number of carbonyl (C=O) groups is 3. The molecule has 6 aromatic rings. The Labute approximate surface area is 340 Å². The van der Waals surface area contributed by atoms with Gasteiger partial charge in [-0.1, -0.05) is 97.1 Å². The Morgan fingerprint density at radius 1 is 0.877 bits per heavy atom. The van der Waals surface area contributed by atoms with Gasteiger partial charge in [0, 0.05) is 21.0 Å². The summed E-state index contributed by atoms with van der Waals surface area (Å²) in [7, 11) is 0. The maximum absolute atomic E-state index is 14.2. The van der Waals surface area contributed by atoms with Gasteiger partial charge in [0.1, 0.15) is 27.8 Å². The summed E-state index contributed by atoms with van der Waals surface area (Å²) >= 11 is 2.84. The zero-order chi connectivity index (χ0) is 39.6. The fraction of sp³-hybridized carbons (Fsp3) is 0.149. The topological polar surface area (TPSA) is 120 Å². The molecule has 1 aliphatic carbocycles. The average molecular weight is 789 g/mol. The van der Waals surface area contributed by atoms with Crippen LogP contribution in [-0.2, 0) is 22.4 Å². The van der Waals surface area contributed by atoms with E-state index in [9.17, 15) is 19.6 Å². The number of thioether (sulfide) groups is 1. The molecule has 284 valence electrons. The zero-order valence-corrected chi connectivity index (χ0v) is 32.9. The molecule has 1 aliphatic rings. The summed E-state index contributed by atoms with van der Waals surface area (Å²) in [5.41, 5.74) is 5.30. The predicted molar refractivity (Wildman–Crippen MR) is 228 cm³/mol. The highest BCUT2D eigenvalue weighted by Crippen LogP contribution is 2.44. The van der Waals surface area contributed by atoms with Gasteiger partial charge >= 0.3 is 0 Å². The van der Waals surface area contributed by atoms with Crippen LogP contribution >= 0.6 is 23.1 Å². The van der Waals surface area contributed by atoms with Crippen LogP contribution in [0.25, 0.3) is 6.08 Å². The van der Waals surface area contributed by atoms with E-state index in [4.69, 9.17) is 4.74 Å². The summed E-state index contributed by atoms with van der Waals surface area (Å²) in [4.78, 5) is 43.2. The second-order valence-electron chi connectivity index (χ2n) is 13.4. The molecule has 0 fully saturated rings. The molecule has 0 aliphatic heterocycles. The molecule has 1 heterocycles. The van der Waals surface area contributed by atoms with Crippen molar-refractivity contribution in [2.75, 3.05) is 17.2 Å². The van der Waals surface area contributed by atoms with Crippen LogP contribution in [-0.4, -0.2) is 24.3 Å². The van der Waals surface area contributed by atoms with Crippen LogP contribution in [0.3, 0.4) is 0 Å². The number of nitriles is 1. The van der Waals surface area contributed by atoms with Gasteiger partial charge in [0.15, 0.2) is 0 Å². The van der Waals surface area contributed by atoms with E-state index in [1.807, 2.05) is 67.6 Å². The number of hydrogen-bond acceptors (Lipinski definition) is 7. The Hall–Kier alpha value is -6.41. The minimum Gasteiger partial charge on any atom is -0.494 e. The van der Waals surface area contributed by atoms with E-state index in [2.05, 4.69) is 46.3 Å². The van der Waals surface area contributed by atoms with Crippen LogP contribution in [0.5, 0.6) is 5.75 Å². The summed E-state index contributed by atoms with van der Waals surface area (Å²) in [6, 6.07) is 45.5. The SMILES string of the molecule is CCOc1ccc(/C=C(/NC(=O)c2ccccc2)C(=O)Nc2cccc(SC(C(=O)Nc3sc4c(c3C#N)CCC(c3ccccc3)C4)c3ccccc3)c2)cc1. The second-order valence-corrected chi connectivity index (χ2v) is 15.7. The molecule has 7 rings (SSSR count). The van der Waals surface area contributed by atoms with Gasteiger partial charge in [0.2, 0.25) is 5.91 Å². The Morgan fingerprint density at radius 2 is 1.58 bits per heavy atom. The van der Waals surface area contributed by atoms with Crippen molar-refractivity contribution in [1.29, 1.82) is 5.26 Å². The molecule has 5 aromatic carbocycles. The van der Waals surface area contributed by atoms with Crippen molar-refractivity contribution in [2.45, 2.75) is 42.2 Å². The number of amides is 3. The predicted octanol–water partition coefficient (Wildman–Crippen LogP) is 10.2. The van der Waals surface area contributed by atoms with E-state index in [-0.39, 0.29) is 11.6 Å². The Balaban J connectivity index is 1.11. The Kier molecular flexibility index (Phi) is 12.6. The van der Waals surface area contributed by atoms with E-state index >= 15 is 0 Å². The van der Waals surface area contributed by atoms with E-state index in [1.54, 1.807) is 60.7 Å². The van der Waals surface area contributed by atoms with Crippen molar-refractivity contribution >= 4 is 57.6 Å². The quantitative estimate of drug-likeness (QED) is 0.0792. The highest BCUT2D eigenvalue weighted by atomic mass is 32.2. The van der Waals surface area contributed by atoms with Gasteiger partial charge in [-0.3, -0.25) is 14.4 Å². The summed E-state index contributed by atoms with van der Waals surface area (Å²) in [5, 5.41) is 19.0. The highest BCUT2D eigenvalue weighted by molar-refractivity contribution is 8.00. The van der Waals surface area contributed by atoms with Crippen molar-refractivity contribution in [2.24, 2.45) is 0 Å². The Bertz CT molecular complexity index is 2430. The molecule has 2 atom stereocenters. The largest absolute Gasteiger partial charge is 0.494 e. The first-order valence-electron chi connectivity index (χ1n) is 18.7. The fourth-order valence-corrected chi connectivity index (χ4v) is 9.16. The minimum absolute atomic E-state index is 0.0506. The zero-order valence-electron chi connectivity index (χ0n) is 31.2. The van der Waals surface area contributed by atoms with Crippen LogP contribution in [0.4, 0.5) is 10.7 Å². The van der Waals surface area contributed by atoms with Gasteiger partial charge in [-0.2, -0.15) is 5.26 Å². The van der Waals surface area contributed by atoms with Crippen molar-refractivity contribution < 1.29 is 19.1 Å². The number of ether oxygens (including phenoxy) is 1. The van der Waals surface area contributed by atoms with Gasteiger partial charge < -0.3 is 20.7 Å². The van der Waals surface area contributed by atoms with E-state index in [0.29, 0.717) is 45.7 Å². The lowest BCUT2D eigenvalue weighted by atomic mass is 9.83. The van der Waals surface area contributed by atoms with E-state index in [0.717, 1.165) is 40.2 Å². The molecule has 8 nitrogen and oxygen atoms in total. The van der Waals surface area contributed by atoms with Crippen molar-refractivity contribution in [1.82, 2.24) is 5.32 Å². The first kappa shape index (κ1) is 38.8. The number of fused-ring (bicyclic) bond motifs is 1. The number of nitrogens with zero attached hydrogens (tertiary/aromatic N) is 1. The summed E-state index contributed by atoms with van der Waals surface area (Å²) < 4.78 is 5.56. The number of rotatable bonds is 13. The fourth-order valence-electron chi connectivity index (χ4n) is 6.80. The molecule has 3 amide bonds. The van der Waals surface area contributed by atoms with Crippen molar-refractivity contribution in [3.63, 3.8) is 0 Å². The molecule has 3 N–H and O–H groups in total. The third kappa shape index (κ3) is 9.70. The molecular weight excluding hydrogens is 749 g/mol. The van der Waals surface area contributed by atoms with Crippen LogP contribution < -0.4 is 20.7 Å². The van der Waals surface area contributed by atoms with Crippen LogP contribution in [0.1, 0.15) is 67.6 Å². The maximum Gasteiger partial charge on any atom is 0.272 e. The molecule has 57 heavy (non-hydrogen) atoms. The minimum atomic E-state index is -0.667. The van der Waals surface area contributed by atoms with Gasteiger partial charge in [0.05, 0.1) is 12.2 Å². The lowest BCUT2D eigenvalue weighted by Crippen LogP contribution is -2.30. The monoisotopic (exact) mass is 788 g/mol. The molecule has 10 heteroatoms. The van der Waals surface area contributed by atoms with Crippen LogP contribution in [0, 0.1) is 11.3 Å². The average Bonchev–Trinajstić information content (AvgIpc) is 3.60. The molecule has 0 saturated carbocycles. The second kappa shape index (κ2) is 18.5. The molecule has 2 unspecified atom stereocenters. The summed E-state index contributed by atoms with van der Waals surface area (Å²) in [6.07, 6.45) is 4.17. The molecule has 1 aromatic heterocycles. The third-order valence-electron chi connectivity index (χ3n) is 9.60. The summed E-state index contributed by atoms with van der Waals surface area (Å²) in [5.74, 6) is -0.131. The van der Waals surface area contributed by atoms with Crippen LogP contribution in [0.2, 0.25) is 0 Å². The van der Waals surface area contributed by atoms with Gasteiger partial charge in [-0.25, -0.2) is 0 Å². The standard InChI is InChI=1S/C47H40N4O4S2/c1-2-55-37-24-21-31(22-25-37)27-41(50-44(52)34-17-10-5-11-18-34)45(53)49-36-19-12-20-38(29-36)56-43(33-15-8-4-9-16-33)46(54)51-47-40(30-48)39-26-23-35(28-42(39)57-47)32-13-6-3-7-14-32/h3-22,24-25,27,29,35,43H,2,23,26,28H2,1H3,(H,49,53)(H,50,52)(H,51,54)/b41-27+. The first-order chi connectivity index (χ1) is 27.9. The van der Waals surface area contributed by atoms with Crippen molar-refractivity contribution in [3.8, 4) is 11.8 Å². The number of carbonyl (C=O) groups excluding carboxylic acids is 3.